The highest BCUT2D eigenvalue weighted by Crippen LogP contribution is 2.56. The van der Waals surface area contributed by atoms with Gasteiger partial charge in [-0.05, 0) is 62.4 Å². The van der Waals surface area contributed by atoms with Gasteiger partial charge in [0.15, 0.2) is 13.0 Å². The van der Waals surface area contributed by atoms with Crippen LogP contribution in [0.4, 0.5) is 5.88 Å². The Hall–Kier alpha value is -3.49. The molecule has 39 heavy (non-hydrogen) atoms. The number of aromatic nitrogens is 1. The Morgan fingerprint density at radius 1 is 0.692 bits per heavy atom. The minimum Gasteiger partial charge on any atom is -0.459 e. The number of benzene rings is 3. The molecule has 0 bridgehead atoms. The molecule has 3 aromatic carbocycles. The van der Waals surface area contributed by atoms with E-state index >= 15 is 0 Å². The van der Waals surface area contributed by atoms with Gasteiger partial charge in [0, 0.05) is 13.1 Å². The molecule has 0 saturated carbocycles. The van der Waals surface area contributed by atoms with Crippen LogP contribution in [0.5, 0.6) is 0 Å². The van der Waals surface area contributed by atoms with Crippen LogP contribution in [-0.2, 0) is 0 Å². The molecule has 5 rings (SSSR count). The van der Waals surface area contributed by atoms with E-state index < -0.39 is 17.5 Å². The van der Waals surface area contributed by atoms with Crippen molar-refractivity contribution in [1.29, 1.82) is 0 Å². The zero-order valence-electron chi connectivity index (χ0n) is 21.5. The first kappa shape index (κ1) is 28.5. The number of furan rings is 1. The highest BCUT2D eigenvalue weighted by Gasteiger charge is 2.53. The third kappa shape index (κ3) is 6.40. The number of rotatable bonds is 8. The molecule has 8 nitrogen and oxygen atoms in total. The van der Waals surface area contributed by atoms with Gasteiger partial charge >= 0.3 is 0 Å². The van der Waals surface area contributed by atoms with E-state index in [4.69, 9.17) is 32.5 Å². The van der Waals surface area contributed by atoms with Crippen LogP contribution in [0.15, 0.2) is 118 Å². The normalized spacial score (nSPS) is 11.5. The Morgan fingerprint density at radius 3 is 1.49 bits per heavy atom. The number of anilines is 1. The third-order valence-corrected chi connectivity index (χ3v) is 10.3. The van der Waals surface area contributed by atoms with E-state index in [1.54, 1.807) is 6.26 Å². The van der Waals surface area contributed by atoms with Crippen LogP contribution < -0.4 is 44.9 Å². The first-order valence-corrected chi connectivity index (χ1v) is 15.3. The molecule has 0 aliphatic heterocycles. The molecule has 2 aromatic heterocycles. The van der Waals surface area contributed by atoms with Crippen molar-refractivity contribution in [3.05, 3.63) is 109 Å². The van der Waals surface area contributed by atoms with Crippen molar-refractivity contribution in [1.82, 2.24) is 4.98 Å². The maximum atomic E-state index is 8.49. The van der Waals surface area contributed by atoms with Crippen LogP contribution in [0.3, 0.4) is 0 Å². The van der Waals surface area contributed by atoms with Crippen LogP contribution in [0.25, 0.3) is 11.7 Å². The van der Waals surface area contributed by atoms with Gasteiger partial charge in [-0.3, -0.25) is 0 Å². The van der Waals surface area contributed by atoms with Crippen molar-refractivity contribution in [2.24, 2.45) is 0 Å². The van der Waals surface area contributed by atoms with Crippen molar-refractivity contribution in [2.45, 2.75) is 13.8 Å². The van der Waals surface area contributed by atoms with Crippen LogP contribution in [0.1, 0.15) is 13.8 Å². The lowest BCUT2D eigenvalue weighted by atomic mass is 10.4. The zero-order chi connectivity index (χ0) is 27.9. The van der Waals surface area contributed by atoms with Crippen LogP contribution in [0.2, 0.25) is 0 Å². The summed E-state index contributed by atoms with van der Waals surface area (Å²) < 4.78 is 46.2. The Morgan fingerprint density at radius 2 is 1.13 bits per heavy atom. The number of hydrogen-bond acceptors (Lipinski definition) is 8. The van der Waals surface area contributed by atoms with Crippen molar-refractivity contribution >= 4 is 34.5 Å². The van der Waals surface area contributed by atoms with Gasteiger partial charge in [0.05, 0.1) is 6.26 Å². The third-order valence-electron chi connectivity index (χ3n) is 6.12. The van der Waals surface area contributed by atoms with Gasteiger partial charge in [0.1, 0.15) is 15.9 Å². The number of oxazole rings is 1. The van der Waals surface area contributed by atoms with Crippen LogP contribution in [0, 0.1) is 10.2 Å². The first-order chi connectivity index (χ1) is 18.8. The van der Waals surface area contributed by atoms with Gasteiger partial charge in [0.25, 0.3) is 17.2 Å². The van der Waals surface area contributed by atoms with E-state index in [1.165, 1.54) is 15.9 Å². The summed E-state index contributed by atoms with van der Waals surface area (Å²) in [5.41, 5.74) is 0.964. The first-order valence-electron chi connectivity index (χ1n) is 12.3. The fraction of sp³-hybridized carbons (Fsp3) is 0.138. The standard InChI is InChI=1S/C29H28N2O2P.ClHO4/c1-3-31(4-2)29-28(30-27(33-29)26-21-14-22-32-26)34(23-15-8-5-9-16-23,24-17-10-6-11-18-24)25-19-12-7-13-20-25;2-1(3,4)5/h5-22H,3-4H2,1-2H3;(H,2,3,4,5)/q+1;/p-1. The summed E-state index contributed by atoms with van der Waals surface area (Å²) in [5, 5.41) is 3.71. The Kier molecular flexibility index (Phi) is 9.20. The molecule has 0 amide bonds. The maximum absolute atomic E-state index is 8.49. The van der Waals surface area contributed by atoms with Crippen molar-refractivity contribution in [3.63, 3.8) is 0 Å². The van der Waals surface area contributed by atoms with Crippen molar-refractivity contribution in [2.75, 3.05) is 18.0 Å². The van der Waals surface area contributed by atoms with E-state index in [0.29, 0.717) is 11.7 Å². The molecule has 202 valence electrons. The molecular formula is C29H28ClN2O6P. The fourth-order valence-corrected chi connectivity index (χ4v) is 8.71. The molecule has 0 atom stereocenters. The molecule has 0 fully saturated rings. The van der Waals surface area contributed by atoms with Gasteiger partial charge in [0.2, 0.25) is 0 Å². The Bertz CT molecular complexity index is 1320. The second-order valence-corrected chi connectivity index (χ2v) is 12.4. The zero-order valence-corrected chi connectivity index (χ0v) is 23.1. The summed E-state index contributed by atoms with van der Waals surface area (Å²) in [6.45, 7) is 5.93. The largest absolute Gasteiger partial charge is 0.459 e. The smallest absolute Gasteiger partial charge is 0.268 e. The van der Waals surface area contributed by atoms with E-state index in [-0.39, 0.29) is 0 Å². The number of nitrogens with zero attached hydrogens (tertiary/aromatic N) is 2. The molecule has 0 radical (unpaired) electrons. The van der Waals surface area contributed by atoms with E-state index in [9.17, 15) is 0 Å². The molecule has 0 aliphatic rings. The van der Waals surface area contributed by atoms with Gasteiger partial charge in [-0.25, -0.2) is 18.6 Å². The van der Waals surface area contributed by atoms with Crippen molar-refractivity contribution in [3.8, 4) is 11.7 Å². The second kappa shape index (κ2) is 12.6. The molecule has 0 spiro atoms. The highest BCUT2D eigenvalue weighted by atomic mass is 35.7. The highest BCUT2D eigenvalue weighted by molar-refractivity contribution is 8.01. The summed E-state index contributed by atoms with van der Waals surface area (Å²) in [4.78, 5) is 7.47. The van der Waals surface area contributed by atoms with Crippen LogP contribution >= 0.6 is 7.26 Å². The molecule has 0 unspecified atom stereocenters. The summed E-state index contributed by atoms with van der Waals surface area (Å²) in [6, 6.07) is 36.0. The summed E-state index contributed by atoms with van der Waals surface area (Å²) >= 11 is 0. The molecule has 10 heteroatoms. The monoisotopic (exact) mass is 566 g/mol. The van der Waals surface area contributed by atoms with E-state index in [2.05, 4.69) is 110 Å². The van der Waals surface area contributed by atoms with E-state index in [0.717, 1.165) is 24.4 Å². The number of hydrogen-bond donors (Lipinski definition) is 0. The molecule has 0 N–H and O–H groups in total. The van der Waals surface area contributed by atoms with Gasteiger partial charge < -0.3 is 13.7 Å². The Labute approximate surface area is 229 Å². The predicted octanol–water partition coefficient (Wildman–Crippen LogP) is 0.644. The van der Waals surface area contributed by atoms with Crippen molar-refractivity contribution < 1.29 is 37.7 Å². The van der Waals surface area contributed by atoms with Crippen LogP contribution in [-0.4, -0.2) is 18.1 Å². The molecular weight excluding hydrogens is 539 g/mol. The summed E-state index contributed by atoms with van der Waals surface area (Å²) in [7, 11) is -7.34. The maximum Gasteiger partial charge on any atom is 0.268 e. The molecule has 5 aromatic rings. The lowest BCUT2D eigenvalue weighted by Crippen LogP contribution is -2.68. The average Bonchev–Trinajstić information content (AvgIpc) is 3.62. The average molecular weight is 567 g/mol. The minimum atomic E-state index is -4.94. The summed E-state index contributed by atoms with van der Waals surface area (Å²) in [5.74, 6) is 1.95. The lowest BCUT2D eigenvalue weighted by molar-refractivity contribution is -2.00. The van der Waals surface area contributed by atoms with Gasteiger partial charge in [-0.15, -0.1) is 10.2 Å². The SMILES string of the molecule is CCN(CC)c1oc(-c2ccco2)nc1[P+](c1ccccc1)(c1ccccc1)c1ccccc1.[O-][Cl+3]([O-])([O-])[O-]. The minimum absolute atomic E-state index is 0.508. The van der Waals surface area contributed by atoms with Gasteiger partial charge in [-0.1, -0.05) is 54.6 Å². The second-order valence-electron chi connectivity index (χ2n) is 8.35. The predicted molar refractivity (Wildman–Crippen MR) is 143 cm³/mol. The van der Waals surface area contributed by atoms with Gasteiger partial charge in [-0.2, -0.15) is 4.98 Å². The topological polar surface area (TPSA) is 135 Å². The van der Waals surface area contributed by atoms with E-state index in [1.807, 2.05) is 12.1 Å². The molecule has 2 heterocycles. The molecule has 0 saturated heterocycles. The summed E-state index contributed by atoms with van der Waals surface area (Å²) in [6.07, 6.45) is 1.66. The quantitative estimate of drug-likeness (QED) is 0.250. The number of halogens is 1. The fourth-order valence-electron chi connectivity index (χ4n) is 4.51. The Balaban J connectivity index is 0.000000648. The lowest BCUT2D eigenvalue weighted by Gasteiger charge is -2.27. The molecule has 0 aliphatic carbocycles.